The van der Waals surface area contributed by atoms with Crippen LogP contribution in [0.4, 0.5) is 0 Å². The Morgan fingerprint density at radius 3 is 2.63 bits per heavy atom. The zero-order chi connectivity index (χ0) is 14.2. The van der Waals surface area contributed by atoms with Gasteiger partial charge in [0.1, 0.15) is 5.69 Å². The zero-order valence-electron chi connectivity index (χ0n) is 10.9. The highest BCUT2D eigenvalue weighted by Gasteiger charge is 2.48. The molecule has 2 rings (SSSR count). The molecule has 0 saturated carbocycles. The van der Waals surface area contributed by atoms with Gasteiger partial charge >= 0.3 is 5.97 Å². The van der Waals surface area contributed by atoms with Gasteiger partial charge in [-0.3, -0.25) is 9.59 Å². The number of nitrogens with one attached hydrogen (secondary N) is 1. The van der Waals surface area contributed by atoms with Crippen molar-refractivity contribution < 1.29 is 14.7 Å². The number of halogens is 1. The van der Waals surface area contributed by atoms with Crippen LogP contribution in [0.2, 0.25) is 5.02 Å². The van der Waals surface area contributed by atoms with Gasteiger partial charge in [-0.2, -0.15) is 0 Å². The van der Waals surface area contributed by atoms with Gasteiger partial charge in [0, 0.05) is 19.3 Å². The lowest BCUT2D eigenvalue weighted by atomic mass is 9.76. The maximum Gasteiger partial charge on any atom is 0.311 e. The average molecular weight is 285 g/mol. The van der Waals surface area contributed by atoms with Crippen LogP contribution in [-0.4, -0.2) is 40.0 Å². The Labute approximate surface area is 116 Å². The third kappa shape index (κ3) is 2.34. The van der Waals surface area contributed by atoms with Gasteiger partial charge < -0.3 is 15.0 Å². The lowest BCUT2D eigenvalue weighted by molar-refractivity contribution is -0.150. The fourth-order valence-corrected chi connectivity index (χ4v) is 2.72. The van der Waals surface area contributed by atoms with E-state index in [0.717, 1.165) is 0 Å². The van der Waals surface area contributed by atoms with Crippen LogP contribution in [0.5, 0.6) is 0 Å². The van der Waals surface area contributed by atoms with E-state index in [0.29, 0.717) is 23.7 Å². The predicted octanol–water partition coefficient (Wildman–Crippen LogP) is 2.24. The van der Waals surface area contributed by atoms with Crippen LogP contribution >= 0.6 is 11.6 Å². The Bertz CT molecular complexity index is 512. The van der Waals surface area contributed by atoms with Crippen LogP contribution in [0.1, 0.15) is 30.8 Å². The maximum atomic E-state index is 12.2. The molecule has 1 unspecified atom stereocenters. The minimum atomic E-state index is -0.841. The number of aromatic nitrogens is 1. The molecule has 1 aromatic rings. The topological polar surface area (TPSA) is 73.4 Å². The number of carboxylic acid groups (broad SMARTS) is 1. The van der Waals surface area contributed by atoms with E-state index in [1.807, 2.05) is 13.8 Å². The summed E-state index contributed by atoms with van der Waals surface area (Å²) >= 11 is 5.77. The zero-order valence-corrected chi connectivity index (χ0v) is 11.7. The lowest BCUT2D eigenvalue weighted by Gasteiger charge is -2.28. The molecule has 19 heavy (non-hydrogen) atoms. The third-order valence-corrected chi connectivity index (χ3v) is 4.22. The van der Waals surface area contributed by atoms with Gasteiger partial charge in [0.05, 0.1) is 10.4 Å². The van der Waals surface area contributed by atoms with Crippen LogP contribution in [0.15, 0.2) is 12.3 Å². The van der Waals surface area contributed by atoms with E-state index in [1.165, 1.54) is 6.20 Å². The number of aromatic amines is 1. The highest BCUT2D eigenvalue weighted by Crippen LogP contribution is 2.38. The van der Waals surface area contributed by atoms with Crippen molar-refractivity contribution in [2.45, 2.75) is 20.3 Å². The fourth-order valence-electron chi connectivity index (χ4n) is 2.56. The molecule has 0 radical (unpaired) electrons. The summed E-state index contributed by atoms with van der Waals surface area (Å²) in [5, 5.41) is 9.91. The lowest BCUT2D eigenvalue weighted by Crippen LogP contribution is -2.40. The molecule has 1 aromatic heterocycles. The van der Waals surface area contributed by atoms with Gasteiger partial charge in [-0.25, -0.2) is 0 Å². The first-order chi connectivity index (χ1) is 8.86. The molecule has 0 aliphatic carbocycles. The van der Waals surface area contributed by atoms with Gasteiger partial charge in [-0.05, 0) is 18.4 Å². The second-order valence-corrected chi connectivity index (χ2v) is 5.76. The number of nitrogens with zero attached hydrogens (tertiary/aromatic N) is 1. The Hall–Kier alpha value is -1.49. The summed E-state index contributed by atoms with van der Waals surface area (Å²) in [6.45, 7) is 4.47. The quantitative estimate of drug-likeness (QED) is 0.894. The SMILES string of the molecule is CC(C)C1(C(=O)O)CCN(C(=O)c2cc(Cl)c[nH]2)C1. The molecule has 1 amide bonds. The van der Waals surface area contributed by atoms with Crippen molar-refractivity contribution in [2.24, 2.45) is 11.3 Å². The molecule has 1 atom stereocenters. The molecule has 104 valence electrons. The monoisotopic (exact) mass is 284 g/mol. The van der Waals surface area contributed by atoms with E-state index in [1.54, 1.807) is 11.0 Å². The van der Waals surface area contributed by atoms with E-state index in [4.69, 9.17) is 11.6 Å². The molecular weight excluding hydrogens is 268 g/mol. The van der Waals surface area contributed by atoms with Gasteiger partial charge in [0.2, 0.25) is 0 Å². The number of amides is 1. The van der Waals surface area contributed by atoms with Crippen molar-refractivity contribution in [1.29, 1.82) is 0 Å². The smallest absolute Gasteiger partial charge is 0.311 e. The number of likely N-dealkylation sites (tertiary alicyclic amines) is 1. The number of carbonyl (C=O) groups is 2. The summed E-state index contributed by atoms with van der Waals surface area (Å²) in [6, 6.07) is 1.56. The number of aliphatic carboxylic acids is 1. The van der Waals surface area contributed by atoms with Crippen LogP contribution in [0.25, 0.3) is 0 Å². The standard InChI is InChI=1S/C13H17ClN2O3/c1-8(2)13(12(18)19)3-4-16(7-13)11(17)10-5-9(14)6-15-10/h5-6,8,15H,3-4,7H2,1-2H3,(H,18,19). The van der Waals surface area contributed by atoms with Crippen molar-refractivity contribution in [3.8, 4) is 0 Å². The summed E-state index contributed by atoms with van der Waals surface area (Å²) < 4.78 is 0. The molecular formula is C13H17ClN2O3. The van der Waals surface area contributed by atoms with E-state index in [9.17, 15) is 14.7 Å². The Morgan fingerprint density at radius 2 is 2.21 bits per heavy atom. The minimum Gasteiger partial charge on any atom is -0.481 e. The summed E-state index contributed by atoms with van der Waals surface area (Å²) in [5.74, 6) is -1.05. The van der Waals surface area contributed by atoms with Crippen molar-refractivity contribution in [2.75, 3.05) is 13.1 Å². The normalized spacial score (nSPS) is 23.1. The summed E-state index contributed by atoms with van der Waals surface area (Å²) in [5.41, 5.74) is -0.443. The number of carboxylic acids is 1. The summed E-state index contributed by atoms with van der Waals surface area (Å²) in [6.07, 6.45) is 2.03. The molecule has 2 N–H and O–H groups in total. The van der Waals surface area contributed by atoms with Crippen LogP contribution in [0, 0.1) is 11.3 Å². The average Bonchev–Trinajstić information content (AvgIpc) is 2.94. The van der Waals surface area contributed by atoms with Crippen molar-refractivity contribution in [3.05, 3.63) is 23.0 Å². The number of H-pyrrole nitrogens is 1. The predicted molar refractivity (Wildman–Crippen MR) is 71.2 cm³/mol. The first kappa shape index (κ1) is 13.9. The molecule has 2 heterocycles. The molecule has 0 aromatic carbocycles. The Morgan fingerprint density at radius 1 is 1.53 bits per heavy atom. The first-order valence-corrected chi connectivity index (χ1v) is 6.61. The third-order valence-electron chi connectivity index (χ3n) is 4.00. The minimum absolute atomic E-state index is 0.0185. The van der Waals surface area contributed by atoms with E-state index >= 15 is 0 Å². The fraction of sp³-hybridized carbons (Fsp3) is 0.538. The molecule has 0 bridgehead atoms. The number of hydrogen-bond donors (Lipinski definition) is 2. The molecule has 1 saturated heterocycles. The van der Waals surface area contributed by atoms with E-state index in [-0.39, 0.29) is 18.4 Å². The van der Waals surface area contributed by atoms with Gasteiger partial charge in [-0.1, -0.05) is 25.4 Å². The second-order valence-electron chi connectivity index (χ2n) is 5.32. The number of carbonyl (C=O) groups excluding carboxylic acids is 1. The second kappa shape index (κ2) is 4.89. The largest absolute Gasteiger partial charge is 0.481 e. The van der Waals surface area contributed by atoms with Gasteiger partial charge in [0.25, 0.3) is 5.91 Å². The van der Waals surface area contributed by atoms with Crippen LogP contribution in [-0.2, 0) is 4.79 Å². The molecule has 1 aliphatic heterocycles. The van der Waals surface area contributed by atoms with E-state index in [2.05, 4.69) is 4.98 Å². The maximum absolute atomic E-state index is 12.2. The summed E-state index contributed by atoms with van der Waals surface area (Å²) in [4.78, 5) is 28.1. The molecule has 5 nitrogen and oxygen atoms in total. The van der Waals surface area contributed by atoms with Crippen molar-refractivity contribution >= 4 is 23.5 Å². The van der Waals surface area contributed by atoms with Crippen LogP contribution < -0.4 is 0 Å². The van der Waals surface area contributed by atoms with Gasteiger partial charge in [0.15, 0.2) is 0 Å². The molecule has 0 spiro atoms. The Kier molecular flexibility index (Phi) is 3.58. The number of rotatable bonds is 3. The van der Waals surface area contributed by atoms with Gasteiger partial charge in [-0.15, -0.1) is 0 Å². The summed E-state index contributed by atoms with van der Waals surface area (Å²) in [7, 11) is 0. The molecule has 1 fully saturated rings. The highest BCUT2D eigenvalue weighted by atomic mass is 35.5. The molecule has 6 heteroatoms. The molecule has 1 aliphatic rings. The van der Waals surface area contributed by atoms with E-state index < -0.39 is 11.4 Å². The Balaban J connectivity index is 2.18. The first-order valence-electron chi connectivity index (χ1n) is 6.23. The van der Waals surface area contributed by atoms with Crippen molar-refractivity contribution in [1.82, 2.24) is 9.88 Å². The van der Waals surface area contributed by atoms with Crippen LogP contribution in [0.3, 0.4) is 0 Å². The van der Waals surface area contributed by atoms with Crippen molar-refractivity contribution in [3.63, 3.8) is 0 Å². The number of hydrogen-bond acceptors (Lipinski definition) is 2. The highest BCUT2D eigenvalue weighted by molar-refractivity contribution is 6.30.